The number of rotatable bonds is 5. The number of hydrogen-bond donors (Lipinski definition) is 0. The Morgan fingerprint density at radius 1 is 1.12 bits per heavy atom. The molecule has 0 amide bonds. The van der Waals surface area contributed by atoms with Crippen LogP contribution < -0.4 is 0 Å². The van der Waals surface area contributed by atoms with Crippen LogP contribution in [0.4, 0.5) is 4.39 Å². The molecule has 126 valence electrons. The molecule has 0 saturated heterocycles. The average Bonchev–Trinajstić information content (AvgIpc) is 2.51. The summed E-state index contributed by atoms with van der Waals surface area (Å²) in [6.07, 6.45) is 1.03. The lowest BCUT2D eigenvalue weighted by molar-refractivity contribution is 0.0473. The summed E-state index contributed by atoms with van der Waals surface area (Å²) >= 11 is 0. The molecule has 0 fully saturated rings. The zero-order valence-electron chi connectivity index (χ0n) is 13.1. The van der Waals surface area contributed by atoms with Gasteiger partial charge in [0.1, 0.15) is 5.82 Å². The lowest BCUT2D eigenvalue weighted by Crippen LogP contribution is -2.15. The molecule has 5 nitrogen and oxygen atoms in total. The number of carbonyl (C=O) groups is 2. The fourth-order valence-electron chi connectivity index (χ4n) is 2.01. The molecule has 0 aromatic heterocycles. The van der Waals surface area contributed by atoms with E-state index in [1.807, 2.05) is 0 Å². The minimum Gasteiger partial charge on any atom is -0.454 e. The zero-order valence-corrected chi connectivity index (χ0v) is 13.9. The standard InChI is InChI=1S/C17H15FO5S/c1-11-6-7-14(24(2,21)22)9-15(11)17(20)23-10-16(19)12-4-3-5-13(18)8-12/h3-9H,10H2,1-2H3. The van der Waals surface area contributed by atoms with Crippen molar-refractivity contribution in [1.29, 1.82) is 0 Å². The number of aryl methyl sites for hydroxylation is 1. The van der Waals surface area contributed by atoms with E-state index in [1.165, 1.54) is 36.4 Å². The number of benzene rings is 2. The predicted octanol–water partition coefficient (Wildman–Crippen LogP) is 2.58. The van der Waals surface area contributed by atoms with Crippen molar-refractivity contribution >= 4 is 21.6 Å². The second-order valence-electron chi connectivity index (χ2n) is 5.26. The van der Waals surface area contributed by atoms with Crippen LogP contribution in [0.3, 0.4) is 0 Å². The van der Waals surface area contributed by atoms with E-state index < -0.39 is 34.0 Å². The van der Waals surface area contributed by atoms with Crippen LogP contribution in [0.2, 0.25) is 0 Å². The molecule has 0 spiro atoms. The zero-order chi connectivity index (χ0) is 17.9. The molecule has 0 atom stereocenters. The highest BCUT2D eigenvalue weighted by Crippen LogP contribution is 2.17. The summed E-state index contributed by atoms with van der Waals surface area (Å²) in [6.45, 7) is 1.06. The Balaban J connectivity index is 2.14. The molecule has 0 radical (unpaired) electrons. The first kappa shape index (κ1) is 17.8. The van der Waals surface area contributed by atoms with Gasteiger partial charge < -0.3 is 4.74 Å². The number of halogens is 1. The van der Waals surface area contributed by atoms with Gasteiger partial charge in [0.25, 0.3) is 0 Å². The van der Waals surface area contributed by atoms with Gasteiger partial charge in [-0.25, -0.2) is 17.6 Å². The maximum atomic E-state index is 13.1. The summed E-state index contributed by atoms with van der Waals surface area (Å²) in [7, 11) is -3.47. The van der Waals surface area contributed by atoms with E-state index in [0.29, 0.717) is 5.56 Å². The highest BCUT2D eigenvalue weighted by Gasteiger charge is 2.17. The van der Waals surface area contributed by atoms with Gasteiger partial charge in [-0.15, -0.1) is 0 Å². The average molecular weight is 350 g/mol. The fourth-order valence-corrected chi connectivity index (χ4v) is 2.65. The van der Waals surface area contributed by atoms with Gasteiger partial charge >= 0.3 is 5.97 Å². The maximum absolute atomic E-state index is 13.1. The molecule has 0 aliphatic carbocycles. The molecule has 0 aliphatic heterocycles. The molecule has 2 aromatic rings. The van der Waals surface area contributed by atoms with Crippen molar-refractivity contribution in [2.75, 3.05) is 12.9 Å². The Morgan fingerprint density at radius 3 is 2.46 bits per heavy atom. The molecule has 0 unspecified atom stereocenters. The largest absolute Gasteiger partial charge is 0.454 e. The summed E-state index contributed by atoms with van der Waals surface area (Å²) in [5, 5.41) is 0. The van der Waals surface area contributed by atoms with Crippen LogP contribution in [0.25, 0.3) is 0 Å². The van der Waals surface area contributed by atoms with Crippen LogP contribution in [0.1, 0.15) is 26.3 Å². The Hall–Kier alpha value is -2.54. The van der Waals surface area contributed by atoms with E-state index in [2.05, 4.69) is 0 Å². The van der Waals surface area contributed by atoms with Crippen molar-refractivity contribution in [3.8, 4) is 0 Å². The van der Waals surface area contributed by atoms with E-state index in [9.17, 15) is 22.4 Å². The smallest absolute Gasteiger partial charge is 0.338 e. The molecule has 0 aliphatic rings. The molecule has 24 heavy (non-hydrogen) atoms. The number of hydrogen-bond acceptors (Lipinski definition) is 5. The predicted molar refractivity (Wildman–Crippen MR) is 85.3 cm³/mol. The van der Waals surface area contributed by atoms with Gasteiger partial charge in [0.05, 0.1) is 10.5 Å². The third kappa shape index (κ3) is 4.26. The molecule has 0 heterocycles. The third-order valence-corrected chi connectivity index (χ3v) is 4.45. The second kappa shape index (κ2) is 6.92. The van der Waals surface area contributed by atoms with Crippen molar-refractivity contribution in [3.05, 3.63) is 65.0 Å². The minimum atomic E-state index is -3.47. The lowest BCUT2D eigenvalue weighted by atomic mass is 10.1. The molecule has 7 heteroatoms. The van der Waals surface area contributed by atoms with E-state index in [4.69, 9.17) is 4.74 Å². The van der Waals surface area contributed by atoms with Gasteiger partial charge in [-0.3, -0.25) is 4.79 Å². The number of esters is 1. The topological polar surface area (TPSA) is 77.5 Å². The summed E-state index contributed by atoms with van der Waals surface area (Å²) < 4.78 is 41.1. The summed E-state index contributed by atoms with van der Waals surface area (Å²) in [6, 6.07) is 9.12. The first-order chi connectivity index (χ1) is 11.2. The van der Waals surface area contributed by atoms with Crippen molar-refractivity contribution in [2.45, 2.75) is 11.8 Å². The van der Waals surface area contributed by atoms with Crippen LogP contribution >= 0.6 is 0 Å². The Morgan fingerprint density at radius 2 is 1.83 bits per heavy atom. The summed E-state index contributed by atoms with van der Waals surface area (Å²) in [4.78, 5) is 24.0. The van der Waals surface area contributed by atoms with Crippen LogP contribution in [0, 0.1) is 12.7 Å². The molecular formula is C17H15FO5S. The van der Waals surface area contributed by atoms with Gasteiger partial charge in [-0.05, 0) is 36.8 Å². The Bertz CT molecular complexity index is 903. The Labute approximate surface area is 139 Å². The highest BCUT2D eigenvalue weighted by atomic mass is 32.2. The van der Waals surface area contributed by atoms with Gasteiger partial charge in [0, 0.05) is 11.8 Å². The molecule has 0 bridgehead atoms. The normalized spacial score (nSPS) is 11.1. The molecule has 0 N–H and O–H groups in total. The van der Waals surface area contributed by atoms with Crippen molar-refractivity contribution in [1.82, 2.24) is 0 Å². The minimum absolute atomic E-state index is 0.0171. The molecule has 2 aromatic carbocycles. The highest BCUT2D eigenvalue weighted by molar-refractivity contribution is 7.90. The number of sulfone groups is 1. The van der Waals surface area contributed by atoms with Gasteiger partial charge in [-0.1, -0.05) is 18.2 Å². The monoisotopic (exact) mass is 350 g/mol. The van der Waals surface area contributed by atoms with Crippen LogP contribution in [0.5, 0.6) is 0 Å². The summed E-state index contributed by atoms with van der Waals surface area (Å²) in [5.41, 5.74) is 0.667. The van der Waals surface area contributed by atoms with Gasteiger partial charge in [-0.2, -0.15) is 0 Å². The molecule has 0 saturated carbocycles. The van der Waals surface area contributed by atoms with E-state index in [0.717, 1.165) is 12.3 Å². The van der Waals surface area contributed by atoms with Crippen molar-refractivity contribution < 1.29 is 27.1 Å². The van der Waals surface area contributed by atoms with E-state index in [-0.39, 0.29) is 16.0 Å². The Kier molecular flexibility index (Phi) is 5.14. The van der Waals surface area contributed by atoms with E-state index in [1.54, 1.807) is 6.92 Å². The first-order valence-corrected chi connectivity index (χ1v) is 8.84. The third-order valence-electron chi connectivity index (χ3n) is 3.34. The fraction of sp³-hybridized carbons (Fsp3) is 0.176. The van der Waals surface area contributed by atoms with Crippen LogP contribution in [0.15, 0.2) is 47.4 Å². The first-order valence-electron chi connectivity index (χ1n) is 6.95. The number of carbonyl (C=O) groups excluding carboxylic acids is 2. The summed E-state index contributed by atoms with van der Waals surface area (Å²) in [5.74, 6) is -1.94. The number of ether oxygens (including phenoxy) is 1. The van der Waals surface area contributed by atoms with Crippen LogP contribution in [-0.4, -0.2) is 33.0 Å². The maximum Gasteiger partial charge on any atom is 0.338 e. The van der Waals surface area contributed by atoms with Gasteiger partial charge in [0.15, 0.2) is 22.2 Å². The molecule has 2 rings (SSSR count). The quantitative estimate of drug-likeness (QED) is 0.612. The number of ketones is 1. The van der Waals surface area contributed by atoms with Crippen LogP contribution in [-0.2, 0) is 14.6 Å². The van der Waals surface area contributed by atoms with E-state index >= 15 is 0 Å². The SMILES string of the molecule is Cc1ccc(S(C)(=O)=O)cc1C(=O)OCC(=O)c1cccc(F)c1. The van der Waals surface area contributed by atoms with Crippen molar-refractivity contribution in [3.63, 3.8) is 0 Å². The lowest BCUT2D eigenvalue weighted by Gasteiger charge is -2.08. The second-order valence-corrected chi connectivity index (χ2v) is 7.27. The van der Waals surface area contributed by atoms with Crippen molar-refractivity contribution in [2.24, 2.45) is 0 Å². The van der Waals surface area contributed by atoms with Gasteiger partial charge in [0.2, 0.25) is 0 Å². The molecular weight excluding hydrogens is 335 g/mol. The number of Topliss-reactive ketones (excluding diaryl/α,β-unsaturated/α-hetero) is 1.